The Morgan fingerprint density at radius 1 is 1.41 bits per heavy atom. The number of aromatic nitrogens is 2. The molecule has 0 saturated heterocycles. The van der Waals surface area contributed by atoms with Crippen LogP contribution in [0.25, 0.3) is 0 Å². The third-order valence-electron chi connectivity index (χ3n) is 2.27. The molecule has 0 saturated carbocycles. The molecule has 2 aromatic rings. The Bertz CT molecular complexity index is 517. The molecular formula is C12H12N2O3. The first-order valence-corrected chi connectivity index (χ1v) is 5.12. The minimum absolute atomic E-state index is 0.00694. The highest BCUT2D eigenvalue weighted by Gasteiger charge is 2.08. The Hall–Kier alpha value is -2.30. The van der Waals surface area contributed by atoms with Gasteiger partial charge in [0.05, 0.1) is 5.69 Å². The van der Waals surface area contributed by atoms with E-state index in [1.165, 1.54) is 6.07 Å². The van der Waals surface area contributed by atoms with Crippen molar-refractivity contribution in [2.24, 2.45) is 0 Å². The number of nitrogens with zero attached hydrogens (tertiary/aromatic N) is 1. The number of hydrogen-bond donors (Lipinski definition) is 2. The van der Waals surface area contributed by atoms with Crippen LogP contribution in [0.4, 0.5) is 0 Å². The SMILES string of the molecule is Cc1ccc(OCc2cc(C(=O)O)n[nH]2)cc1. The number of carboxylic acids is 1. The van der Waals surface area contributed by atoms with Gasteiger partial charge >= 0.3 is 5.97 Å². The number of rotatable bonds is 4. The average molecular weight is 232 g/mol. The molecule has 5 nitrogen and oxygen atoms in total. The van der Waals surface area contributed by atoms with Crippen molar-refractivity contribution in [1.82, 2.24) is 10.2 Å². The molecule has 17 heavy (non-hydrogen) atoms. The lowest BCUT2D eigenvalue weighted by Crippen LogP contribution is -1.96. The van der Waals surface area contributed by atoms with Gasteiger partial charge < -0.3 is 9.84 Å². The van der Waals surface area contributed by atoms with Crippen molar-refractivity contribution in [2.45, 2.75) is 13.5 Å². The van der Waals surface area contributed by atoms with E-state index in [1.54, 1.807) is 0 Å². The molecule has 0 atom stereocenters. The third kappa shape index (κ3) is 2.84. The van der Waals surface area contributed by atoms with E-state index < -0.39 is 5.97 Å². The molecule has 0 spiro atoms. The molecule has 0 aliphatic heterocycles. The highest BCUT2D eigenvalue weighted by Crippen LogP contribution is 2.13. The van der Waals surface area contributed by atoms with E-state index in [9.17, 15) is 4.79 Å². The normalized spacial score (nSPS) is 10.2. The van der Waals surface area contributed by atoms with Crippen molar-refractivity contribution in [1.29, 1.82) is 0 Å². The average Bonchev–Trinajstić information content (AvgIpc) is 2.77. The van der Waals surface area contributed by atoms with Crippen LogP contribution in [0, 0.1) is 6.92 Å². The van der Waals surface area contributed by atoms with Crippen LogP contribution >= 0.6 is 0 Å². The lowest BCUT2D eigenvalue weighted by Gasteiger charge is -2.04. The van der Waals surface area contributed by atoms with E-state index in [1.807, 2.05) is 31.2 Å². The van der Waals surface area contributed by atoms with Crippen LogP contribution in [0.3, 0.4) is 0 Å². The predicted octanol–water partition coefficient (Wildman–Crippen LogP) is 2.00. The third-order valence-corrected chi connectivity index (χ3v) is 2.27. The van der Waals surface area contributed by atoms with Crippen LogP contribution in [0.15, 0.2) is 30.3 Å². The van der Waals surface area contributed by atoms with E-state index in [0.717, 1.165) is 11.3 Å². The van der Waals surface area contributed by atoms with Crippen molar-refractivity contribution in [2.75, 3.05) is 0 Å². The molecule has 0 aliphatic rings. The maximum Gasteiger partial charge on any atom is 0.356 e. The zero-order valence-corrected chi connectivity index (χ0v) is 9.30. The zero-order valence-electron chi connectivity index (χ0n) is 9.30. The maximum atomic E-state index is 10.6. The molecule has 1 heterocycles. The fourth-order valence-electron chi connectivity index (χ4n) is 1.34. The number of aromatic carboxylic acids is 1. The van der Waals surface area contributed by atoms with Crippen molar-refractivity contribution >= 4 is 5.97 Å². The van der Waals surface area contributed by atoms with Crippen LogP contribution in [-0.2, 0) is 6.61 Å². The summed E-state index contributed by atoms with van der Waals surface area (Å²) in [7, 11) is 0. The molecule has 2 rings (SSSR count). The van der Waals surface area contributed by atoms with Gasteiger partial charge in [-0.1, -0.05) is 17.7 Å². The van der Waals surface area contributed by atoms with Gasteiger partial charge in [0.15, 0.2) is 5.69 Å². The Kier molecular flexibility index (Phi) is 3.09. The molecule has 0 aliphatic carbocycles. The summed E-state index contributed by atoms with van der Waals surface area (Å²) in [5.41, 5.74) is 1.78. The molecule has 1 aromatic heterocycles. The summed E-state index contributed by atoms with van der Waals surface area (Å²) in [4.78, 5) is 10.6. The Morgan fingerprint density at radius 2 is 2.12 bits per heavy atom. The van der Waals surface area contributed by atoms with Gasteiger partial charge in [-0.25, -0.2) is 4.79 Å². The molecule has 0 fully saturated rings. The number of aryl methyl sites for hydroxylation is 1. The number of benzene rings is 1. The van der Waals surface area contributed by atoms with Gasteiger partial charge in [-0.3, -0.25) is 5.10 Å². The number of ether oxygens (including phenoxy) is 1. The predicted molar refractivity (Wildman–Crippen MR) is 61.1 cm³/mol. The summed E-state index contributed by atoms with van der Waals surface area (Å²) < 4.78 is 5.48. The Labute approximate surface area is 98.0 Å². The monoisotopic (exact) mass is 232 g/mol. The van der Waals surface area contributed by atoms with E-state index in [4.69, 9.17) is 9.84 Å². The van der Waals surface area contributed by atoms with Crippen LogP contribution < -0.4 is 4.74 Å². The number of aromatic amines is 1. The number of carboxylic acid groups (broad SMARTS) is 1. The highest BCUT2D eigenvalue weighted by molar-refractivity contribution is 5.85. The number of H-pyrrole nitrogens is 1. The van der Waals surface area contributed by atoms with Gasteiger partial charge in [-0.2, -0.15) is 5.10 Å². The summed E-state index contributed by atoms with van der Waals surface area (Å²) in [5, 5.41) is 14.9. The molecule has 0 radical (unpaired) electrons. The lowest BCUT2D eigenvalue weighted by molar-refractivity contribution is 0.0690. The molecule has 0 bridgehead atoms. The zero-order chi connectivity index (χ0) is 12.3. The lowest BCUT2D eigenvalue weighted by atomic mass is 10.2. The van der Waals surface area contributed by atoms with Crippen molar-refractivity contribution in [3.05, 3.63) is 47.3 Å². The standard InChI is InChI=1S/C12H12N2O3/c1-8-2-4-10(5-3-8)17-7-9-6-11(12(15)16)14-13-9/h2-6H,7H2,1H3,(H,13,14)(H,15,16). The van der Waals surface area contributed by atoms with Crippen LogP contribution in [0.1, 0.15) is 21.7 Å². The summed E-state index contributed by atoms with van der Waals surface area (Å²) in [5.74, 6) is -0.315. The van der Waals surface area contributed by atoms with Crippen LogP contribution in [0.2, 0.25) is 0 Å². The summed E-state index contributed by atoms with van der Waals surface area (Å²) in [6, 6.07) is 9.08. The van der Waals surface area contributed by atoms with E-state index in [2.05, 4.69) is 10.2 Å². The minimum Gasteiger partial charge on any atom is -0.487 e. The second-order valence-corrected chi connectivity index (χ2v) is 3.69. The van der Waals surface area contributed by atoms with Gasteiger partial charge in [0.25, 0.3) is 0 Å². The highest BCUT2D eigenvalue weighted by atomic mass is 16.5. The molecule has 2 N–H and O–H groups in total. The number of carbonyl (C=O) groups is 1. The second kappa shape index (κ2) is 4.69. The fraction of sp³-hybridized carbons (Fsp3) is 0.167. The van der Waals surface area contributed by atoms with Crippen LogP contribution in [-0.4, -0.2) is 21.3 Å². The number of nitrogens with one attached hydrogen (secondary N) is 1. The first kappa shape index (κ1) is 11.2. The van der Waals surface area contributed by atoms with E-state index >= 15 is 0 Å². The Morgan fingerprint density at radius 3 is 2.71 bits per heavy atom. The summed E-state index contributed by atoms with van der Waals surface area (Å²) in [6.45, 7) is 2.27. The van der Waals surface area contributed by atoms with Gasteiger partial charge in [0.1, 0.15) is 12.4 Å². The van der Waals surface area contributed by atoms with Gasteiger partial charge in [0.2, 0.25) is 0 Å². The van der Waals surface area contributed by atoms with Gasteiger partial charge in [-0.05, 0) is 25.1 Å². The quantitative estimate of drug-likeness (QED) is 0.845. The summed E-state index contributed by atoms with van der Waals surface area (Å²) in [6.07, 6.45) is 0. The molecule has 5 heteroatoms. The van der Waals surface area contributed by atoms with Crippen molar-refractivity contribution in [3.8, 4) is 5.75 Å². The molecule has 88 valence electrons. The van der Waals surface area contributed by atoms with E-state index in [0.29, 0.717) is 5.69 Å². The minimum atomic E-state index is -1.05. The second-order valence-electron chi connectivity index (χ2n) is 3.69. The van der Waals surface area contributed by atoms with Gasteiger partial charge in [0, 0.05) is 0 Å². The maximum absolute atomic E-state index is 10.6. The molecule has 1 aromatic carbocycles. The topological polar surface area (TPSA) is 75.2 Å². The van der Waals surface area contributed by atoms with Crippen molar-refractivity contribution < 1.29 is 14.6 Å². The van der Waals surface area contributed by atoms with Crippen LogP contribution in [0.5, 0.6) is 5.75 Å². The smallest absolute Gasteiger partial charge is 0.356 e. The Balaban J connectivity index is 1.97. The molecule has 0 amide bonds. The first-order valence-electron chi connectivity index (χ1n) is 5.12. The van der Waals surface area contributed by atoms with E-state index in [-0.39, 0.29) is 12.3 Å². The molecular weight excluding hydrogens is 220 g/mol. The number of hydrogen-bond acceptors (Lipinski definition) is 3. The van der Waals surface area contributed by atoms with Gasteiger partial charge in [-0.15, -0.1) is 0 Å². The largest absolute Gasteiger partial charge is 0.487 e. The fourth-order valence-corrected chi connectivity index (χ4v) is 1.34. The van der Waals surface area contributed by atoms with Crippen molar-refractivity contribution in [3.63, 3.8) is 0 Å². The summed E-state index contributed by atoms with van der Waals surface area (Å²) >= 11 is 0. The molecule has 0 unspecified atom stereocenters. The first-order chi connectivity index (χ1) is 8.15.